The molecule has 3 nitrogen and oxygen atoms in total. The van der Waals surface area contributed by atoms with Gasteiger partial charge in [-0.3, -0.25) is 0 Å². The molecule has 0 amide bonds. The molecule has 16 heavy (non-hydrogen) atoms. The summed E-state index contributed by atoms with van der Waals surface area (Å²) >= 11 is 0. The molecule has 3 heteroatoms. The summed E-state index contributed by atoms with van der Waals surface area (Å²) in [4.78, 5) is 0. The van der Waals surface area contributed by atoms with Crippen LogP contribution >= 0.6 is 0 Å². The predicted molar refractivity (Wildman–Crippen MR) is 66.7 cm³/mol. The zero-order valence-electron chi connectivity index (χ0n) is 10.2. The van der Waals surface area contributed by atoms with Crippen molar-refractivity contribution in [1.82, 2.24) is 0 Å². The van der Waals surface area contributed by atoms with Crippen LogP contribution in [0.1, 0.15) is 58.3 Å². The van der Waals surface area contributed by atoms with Gasteiger partial charge in [0.1, 0.15) is 0 Å². The van der Waals surface area contributed by atoms with Crippen molar-refractivity contribution in [1.29, 1.82) is 0 Å². The lowest BCUT2D eigenvalue weighted by molar-refractivity contribution is 0.163. The number of hydrogen-bond acceptors (Lipinski definition) is 3. The van der Waals surface area contributed by atoms with E-state index in [2.05, 4.69) is 6.92 Å². The van der Waals surface area contributed by atoms with Gasteiger partial charge in [0.05, 0.1) is 0 Å². The standard InChI is InChI=1S/C13H24O3/c1-2-3-4-5-6-7-8-9-10-11-12(14)13(15)16/h10-11,14-16H,2-9H2,1H3. The zero-order valence-corrected chi connectivity index (χ0v) is 10.2. The Kier molecular flexibility index (Phi) is 9.67. The molecule has 0 fully saturated rings. The van der Waals surface area contributed by atoms with Crippen LogP contribution in [0, 0.1) is 0 Å². The van der Waals surface area contributed by atoms with Crippen LogP contribution in [0.4, 0.5) is 0 Å². The Hall–Kier alpha value is -1.12. The third-order valence-electron chi connectivity index (χ3n) is 2.48. The van der Waals surface area contributed by atoms with Crippen molar-refractivity contribution >= 4 is 0 Å². The van der Waals surface area contributed by atoms with Crippen LogP contribution in [0.15, 0.2) is 23.9 Å². The van der Waals surface area contributed by atoms with Crippen molar-refractivity contribution in [3.63, 3.8) is 0 Å². The Labute approximate surface area is 98.1 Å². The summed E-state index contributed by atoms with van der Waals surface area (Å²) in [6.07, 6.45) is 12.7. The molecule has 0 radical (unpaired) electrons. The highest BCUT2D eigenvalue weighted by atomic mass is 16.5. The molecule has 0 aliphatic carbocycles. The lowest BCUT2D eigenvalue weighted by Gasteiger charge is -1.98. The van der Waals surface area contributed by atoms with Gasteiger partial charge in [-0.05, 0) is 18.9 Å². The highest BCUT2D eigenvalue weighted by molar-refractivity contribution is 5.09. The fraction of sp³-hybridized carbons (Fsp3) is 0.692. The molecule has 0 aromatic carbocycles. The molecule has 0 bridgehead atoms. The maximum absolute atomic E-state index is 8.92. The van der Waals surface area contributed by atoms with E-state index in [9.17, 15) is 0 Å². The Morgan fingerprint density at radius 2 is 1.44 bits per heavy atom. The van der Waals surface area contributed by atoms with E-state index < -0.39 is 11.7 Å². The zero-order chi connectivity index (χ0) is 12.2. The molecule has 0 saturated heterocycles. The average molecular weight is 228 g/mol. The van der Waals surface area contributed by atoms with Crippen molar-refractivity contribution in [2.45, 2.75) is 58.3 Å². The van der Waals surface area contributed by atoms with Crippen LogP contribution in [0.2, 0.25) is 0 Å². The molecule has 0 aliphatic heterocycles. The van der Waals surface area contributed by atoms with E-state index in [0.717, 1.165) is 12.8 Å². The lowest BCUT2D eigenvalue weighted by atomic mass is 10.1. The smallest absolute Gasteiger partial charge is 0.318 e. The highest BCUT2D eigenvalue weighted by Gasteiger charge is 1.94. The summed E-state index contributed by atoms with van der Waals surface area (Å²) in [7, 11) is 0. The van der Waals surface area contributed by atoms with Crippen molar-refractivity contribution < 1.29 is 15.3 Å². The normalized spacial score (nSPS) is 10.8. The molecule has 0 unspecified atom stereocenters. The second-order valence-corrected chi connectivity index (χ2v) is 4.02. The first-order valence-corrected chi connectivity index (χ1v) is 6.16. The van der Waals surface area contributed by atoms with Crippen LogP contribution in [0.3, 0.4) is 0 Å². The number of aliphatic hydroxyl groups is 3. The SMILES string of the molecule is CCCCCCCCCC=CC(O)=C(O)O. The van der Waals surface area contributed by atoms with Gasteiger partial charge < -0.3 is 15.3 Å². The summed E-state index contributed by atoms with van der Waals surface area (Å²) in [6, 6.07) is 0. The van der Waals surface area contributed by atoms with Gasteiger partial charge in [0, 0.05) is 0 Å². The van der Waals surface area contributed by atoms with Crippen LogP contribution < -0.4 is 0 Å². The van der Waals surface area contributed by atoms with Gasteiger partial charge in [-0.2, -0.15) is 0 Å². The van der Waals surface area contributed by atoms with Crippen molar-refractivity contribution in [3.05, 3.63) is 23.9 Å². The minimum Gasteiger partial charge on any atom is -0.502 e. The molecule has 94 valence electrons. The minimum atomic E-state index is -1.02. The Morgan fingerprint density at radius 3 is 2.00 bits per heavy atom. The number of unbranched alkanes of at least 4 members (excludes halogenated alkanes) is 7. The molecular weight excluding hydrogens is 204 g/mol. The lowest BCUT2D eigenvalue weighted by Crippen LogP contribution is -1.84. The fourth-order valence-electron chi connectivity index (χ4n) is 1.49. The summed E-state index contributed by atoms with van der Waals surface area (Å²) in [5.74, 6) is -1.49. The quantitative estimate of drug-likeness (QED) is 0.309. The number of hydrogen-bond donors (Lipinski definition) is 3. The number of rotatable bonds is 9. The molecule has 0 aromatic rings. The Bertz CT molecular complexity index is 215. The van der Waals surface area contributed by atoms with Crippen molar-refractivity contribution in [2.24, 2.45) is 0 Å². The van der Waals surface area contributed by atoms with E-state index in [0.29, 0.717) is 0 Å². The molecule has 0 heterocycles. The summed E-state index contributed by atoms with van der Waals surface area (Å²) in [6.45, 7) is 2.21. The molecule has 0 rings (SSSR count). The molecule has 0 aromatic heterocycles. The first-order valence-electron chi connectivity index (χ1n) is 6.16. The molecule has 0 spiro atoms. The maximum atomic E-state index is 8.92. The molecule has 3 N–H and O–H groups in total. The second kappa shape index (κ2) is 10.4. The fourth-order valence-corrected chi connectivity index (χ4v) is 1.49. The summed E-state index contributed by atoms with van der Waals surface area (Å²) in [5.41, 5.74) is 0. The summed E-state index contributed by atoms with van der Waals surface area (Å²) in [5, 5.41) is 25.9. The average Bonchev–Trinajstić information content (AvgIpc) is 2.26. The van der Waals surface area contributed by atoms with Gasteiger partial charge >= 0.3 is 5.95 Å². The maximum Gasteiger partial charge on any atom is 0.318 e. The van der Waals surface area contributed by atoms with Crippen LogP contribution in [0.5, 0.6) is 0 Å². The second-order valence-electron chi connectivity index (χ2n) is 4.02. The van der Waals surface area contributed by atoms with Gasteiger partial charge in [0.25, 0.3) is 0 Å². The van der Waals surface area contributed by atoms with Crippen LogP contribution in [0.25, 0.3) is 0 Å². The van der Waals surface area contributed by atoms with E-state index in [4.69, 9.17) is 15.3 Å². The van der Waals surface area contributed by atoms with Gasteiger partial charge in [-0.15, -0.1) is 0 Å². The first-order chi connectivity index (χ1) is 7.68. The van der Waals surface area contributed by atoms with E-state index in [1.54, 1.807) is 6.08 Å². The van der Waals surface area contributed by atoms with Crippen LogP contribution in [-0.4, -0.2) is 15.3 Å². The van der Waals surface area contributed by atoms with Gasteiger partial charge in [0.15, 0.2) is 5.76 Å². The Morgan fingerprint density at radius 1 is 0.875 bits per heavy atom. The molecule has 0 atom stereocenters. The summed E-state index contributed by atoms with van der Waals surface area (Å²) < 4.78 is 0. The molecular formula is C13H24O3. The van der Waals surface area contributed by atoms with Crippen molar-refractivity contribution in [3.8, 4) is 0 Å². The highest BCUT2D eigenvalue weighted by Crippen LogP contribution is 2.09. The van der Waals surface area contributed by atoms with Gasteiger partial charge in [-0.1, -0.05) is 51.5 Å². The monoisotopic (exact) mass is 228 g/mol. The molecule has 0 saturated carbocycles. The van der Waals surface area contributed by atoms with E-state index >= 15 is 0 Å². The van der Waals surface area contributed by atoms with Crippen molar-refractivity contribution in [2.75, 3.05) is 0 Å². The number of aliphatic hydroxyl groups excluding tert-OH is 2. The third kappa shape index (κ3) is 9.44. The third-order valence-corrected chi connectivity index (χ3v) is 2.48. The van der Waals surface area contributed by atoms with E-state index in [1.165, 1.54) is 44.6 Å². The minimum absolute atomic E-state index is 0.469. The number of allylic oxidation sites excluding steroid dienone is 2. The van der Waals surface area contributed by atoms with E-state index in [-0.39, 0.29) is 0 Å². The van der Waals surface area contributed by atoms with Gasteiger partial charge in [-0.25, -0.2) is 0 Å². The van der Waals surface area contributed by atoms with Crippen LogP contribution in [-0.2, 0) is 0 Å². The predicted octanol–water partition coefficient (Wildman–Crippen LogP) is 4.53. The van der Waals surface area contributed by atoms with Gasteiger partial charge in [0.2, 0.25) is 0 Å². The van der Waals surface area contributed by atoms with E-state index in [1.807, 2.05) is 0 Å². The topological polar surface area (TPSA) is 60.7 Å². The first kappa shape index (κ1) is 14.9. The largest absolute Gasteiger partial charge is 0.502 e. The molecule has 0 aliphatic rings. The Balaban J connectivity index is 3.31.